The third-order valence-corrected chi connectivity index (χ3v) is 4.00. The summed E-state index contributed by atoms with van der Waals surface area (Å²) >= 11 is 5.94. The van der Waals surface area contributed by atoms with E-state index in [1.54, 1.807) is 0 Å². The van der Waals surface area contributed by atoms with Crippen molar-refractivity contribution in [2.75, 3.05) is 18.0 Å². The van der Waals surface area contributed by atoms with Gasteiger partial charge >= 0.3 is 0 Å². The fraction of sp³-hybridized carbons (Fsp3) is 0.583. The molecule has 0 radical (unpaired) electrons. The number of carbonyl (C=O) groups excluding carboxylic acids is 1. The largest absolute Gasteiger partial charge is 0.369 e. The summed E-state index contributed by atoms with van der Waals surface area (Å²) in [5.74, 6) is 0.646. The van der Waals surface area contributed by atoms with Gasteiger partial charge in [-0.25, -0.2) is 0 Å². The van der Waals surface area contributed by atoms with Crippen molar-refractivity contribution in [1.82, 2.24) is 10.2 Å². The van der Waals surface area contributed by atoms with Gasteiger partial charge in [-0.1, -0.05) is 11.6 Å². The van der Waals surface area contributed by atoms with Gasteiger partial charge in [0.25, 0.3) is 0 Å². The van der Waals surface area contributed by atoms with E-state index in [-0.39, 0.29) is 11.8 Å². The highest BCUT2D eigenvalue weighted by atomic mass is 35.5. The molecule has 1 aliphatic rings. The molecule has 2 heterocycles. The Bertz CT molecular complexity index is 469. The van der Waals surface area contributed by atoms with Crippen molar-refractivity contribution in [2.45, 2.75) is 26.7 Å². The van der Waals surface area contributed by atoms with Crippen LogP contribution in [0.5, 0.6) is 0 Å². The third-order valence-electron chi connectivity index (χ3n) is 3.64. The van der Waals surface area contributed by atoms with Gasteiger partial charge in [-0.3, -0.25) is 4.79 Å². The summed E-state index contributed by atoms with van der Waals surface area (Å²) in [6.07, 6.45) is 1.55. The molecule has 1 aromatic rings. The van der Waals surface area contributed by atoms with Crippen molar-refractivity contribution in [3.05, 3.63) is 16.3 Å². The first-order chi connectivity index (χ1) is 8.50. The SMILES string of the molecule is Cc1c(Cl)nnc(N2CCC(C(N)=O)CC2)c1C. The zero-order valence-electron chi connectivity index (χ0n) is 10.6. The Balaban J connectivity index is 2.15. The Hall–Kier alpha value is -1.36. The molecule has 0 unspecified atom stereocenters. The van der Waals surface area contributed by atoms with Gasteiger partial charge in [0.15, 0.2) is 11.0 Å². The molecule has 1 aliphatic heterocycles. The number of carbonyl (C=O) groups is 1. The van der Waals surface area contributed by atoms with Crippen molar-refractivity contribution >= 4 is 23.3 Å². The summed E-state index contributed by atoms with van der Waals surface area (Å²) in [4.78, 5) is 13.3. The molecule has 1 saturated heterocycles. The van der Waals surface area contributed by atoms with Crippen molar-refractivity contribution in [1.29, 1.82) is 0 Å². The van der Waals surface area contributed by atoms with Crippen molar-refractivity contribution in [3.63, 3.8) is 0 Å². The predicted octanol–water partition coefficient (Wildman–Crippen LogP) is 1.45. The molecule has 5 nitrogen and oxygen atoms in total. The zero-order valence-corrected chi connectivity index (χ0v) is 11.4. The highest BCUT2D eigenvalue weighted by molar-refractivity contribution is 6.30. The van der Waals surface area contributed by atoms with E-state index in [0.29, 0.717) is 5.15 Å². The van der Waals surface area contributed by atoms with E-state index in [1.807, 2.05) is 13.8 Å². The number of piperidine rings is 1. The smallest absolute Gasteiger partial charge is 0.220 e. The summed E-state index contributed by atoms with van der Waals surface area (Å²) < 4.78 is 0. The summed E-state index contributed by atoms with van der Waals surface area (Å²) in [6, 6.07) is 0. The number of primary amides is 1. The molecule has 6 heteroatoms. The van der Waals surface area contributed by atoms with Crippen LogP contribution in [-0.4, -0.2) is 29.2 Å². The molecule has 0 atom stereocenters. The number of nitrogens with two attached hydrogens (primary N) is 1. The lowest BCUT2D eigenvalue weighted by atomic mass is 9.96. The molecule has 98 valence electrons. The number of hydrogen-bond acceptors (Lipinski definition) is 4. The molecule has 0 aromatic carbocycles. The topological polar surface area (TPSA) is 72.1 Å². The molecule has 2 N–H and O–H groups in total. The first-order valence-electron chi connectivity index (χ1n) is 6.04. The summed E-state index contributed by atoms with van der Waals surface area (Å²) in [6.45, 7) is 5.49. The lowest BCUT2D eigenvalue weighted by Crippen LogP contribution is -2.39. The minimum Gasteiger partial charge on any atom is -0.369 e. The second-order valence-corrected chi connectivity index (χ2v) is 5.09. The normalized spacial score (nSPS) is 16.9. The summed E-state index contributed by atoms with van der Waals surface area (Å²) in [7, 11) is 0. The van der Waals surface area contributed by atoms with Gasteiger partial charge < -0.3 is 10.6 Å². The van der Waals surface area contributed by atoms with Crippen LogP contribution in [0.15, 0.2) is 0 Å². The molecule has 0 saturated carbocycles. The van der Waals surface area contributed by atoms with E-state index in [9.17, 15) is 4.79 Å². The van der Waals surface area contributed by atoms with Gasteiger partial charge in [0, 0.05) is 19.0 Å². The number of hydrogen-bond donors (Lipinski definition) is 1. The van der Waals surface area contributed by atoms with Crippen LogP contribution in [0.4, 0.5) is 5.82 Å². The first kappa shape index (κ1) is 13.1. The van der Waals surface area contributed by atoms with E-state index in [0.717, 1.165) is 42.9 Å². The van der Waals surface area contributed by atoms with Crippen LogP contribution in [0, 0.1) is 19.8 Å². The summed E-state index contributed by atoms with van der Waals surface area (Å²) in [5, 5.41) is 8.56. The van der Waals surface area contributed by atoms with Gasteiger partial charge in [-0.2, -0.15) is 0 Å². The van der Waals surface area contributed by atoms with Crippen molar-refractivity contribution < 1.29 is 4.79 Å². The molecule has 0 bridgehead atoms. The van der Waals surface area contributed by atoms with Gasteiger partial charge in [0.2, 0.25) is 5.91 Å². The molecule has 18 heavy (non-hydrogen) atoms. The molecule has 0 spiro atoms. The van der Waals surface area contributed by atoms with Crippen LogP contribution >= 0.6 is 11.6 Å². The van der Waals surface area contributed by atoms with Crippen LogP contribution in [0.2, 0.25) is 5.15 Å². The van der Waals surface area contributed by atoms with Crippen molar-refractivity contribution in [2.24, 2.45) is 11.7 Å². The number of nitrogens with zero attached hydrogens (tertiary/aromatic N) is 3. The lowest BCUT2D eigenvalue weighted by molar-refractivity contribution is -0.122. The first-order valence-corrected chi connectivity index (χ1v) is 6.42. The van der Waals surface area contributed by atoms with Gasteiger partial charge in [0.05, 0.1) is 0 Å². The maximum atomic E-state index is 11.1. The number of amides is 1. The Morgan fingerprint density at radius 2 is 1.89 bits per heavy atom. The molecule has 2 rings (SSSR count). The Morgan fingerprint density at radius 1 is 1.28 bits per heavy atom. The second kappa shape index (κ2) is 5.10. The lowest BCUT2D eigenvalue weighted by Gasteiger charge is -2.32. The monoisotopic (exact) mass is 268 g/mol. The average Bonchev–Trinajstić information content (AvgIpc) is 2.36. The minimum absolute atomic E-state index is 0.0112. The van der Waals surface area contributed by atoms with E-state index in [2.05, 4.69) is 15.1 Å². The van der Waals surface area contributed by atoms with Gasteiger partial charge in [0.1, 0.15) is 0 Å². The Labute approximate surface area is 111 Å². The van der Waals surface area contributed by atoms with Gasteiger partial charge in [-0.15, -0.1) is 10.2 Å². The number of aromatic nitrogens is 2. The fourth-order valence-corrected chi connectivity index (χ4v) is 2.42. The van der Waals surface area contributed by atoms with E-state index >= 15 is 0 Å². The number of anilines is 1. The van der Waals surface area contributed by atoms with Gasteiger partial charge in [-0.05, 0) is 37.8 Å². The van der Waals surface area contributed by atoms with Crippen LogP contribution in [0.25, 0.3) is 0 Å². The molecular formula is C12H17ClN4O. The number of rotatable bonds is 2. The van der Waals surface area contributed by atoms with E-state index in [4.69, 9.17) is 17.3 Å². The Kier molecular flexibility index (Phi) is 3.71. The number of halogens is 1. The van der Waals surface area contributed by atoms with E-state index in [1.165, 1.54) is 0 Å². The molecule has 0 aliphatic carbocycles. The van der Waals surface area contributed by atoms with E-state index < -0.39 is 0 Å². The molecule has 1 amide bonds. The second-order valence-electron chi connectivity index (χ2n) is 4.73. The van der Waals surface area contributed by atoms with Crippen LogP contribution < -0.4 is 10.6 Å². The molecule has 1 aromatic heterocycles. The van der Waals surface area contributed by atoms with Crippen LogP contribution in [0.3, 0.4) is 0 Å². The van der Waals surface area contributed by atoms with Crippen LogP contribution in [-0.2, 0) is 4.79 Å². The Morgan fingerprint density at radius 3 is 2.44 bits per heavy atom. The highest BCUT2D eigenvalue weighted by Gasteiger charge is 2.25. The summed E-state index contributed by atoms with van der Waals surface area (Å²) in [5.41, 5.74) is 7.33. The standard InChI is InChI=1S/C12H17ClN4O/c1-7-8(2)12(16-15-10(7)13)17-5-3-9(4-6-17)11(14)18/h9H,3-6H2,1-2H3,(H2,14,18). The molecular weight excluding hydrogens is 252 g/mol. The van der Waals surface area contributed by atoms with Crippen molar-refractivity contribution in [3.8, 4) is 0 Å². The maximum absolute atomic E-state index is 11.1. The fourth-order valence-electron chi connectivity index (χ4n) is 2.24. The maximum Gasteiger partial charge on any atom is 0.220 e. The molecule has 1 fully saturated rings. The minimum atomic E-state index is -0.204. The zero-order chi connectivity index (χ0) is 13.3. The highest BCUT2D eigenvalue weighted by Crippen LogP contribution is 2.27. The average molecular weight is 269 g/mol. The quantitative estimate of drug-likeness (QED) is 0.881. The third kappa shape index (κ3) is 2.41. The predicted molar refractivity (Wildman–Crippen MR) is 70.6 cm³/mol. The van der Waals surface area contributed by atoms with Crippen LogP contribution in [0.1, 0.15) is 24.0 Å².